The van der Waals surface area contributed by atoms with Gasteiger partial charge >= 0.3 is 0 Å². The standard InChI is InChI=1S/C22H30N2O2.H2/c1-21(20(23)26)12-16-11-17(19(25)24-9-5-6-10-24)14-22(13-16,15-21)18-7-3-2-4-8-18;/h2-4,7-8,16-17H,5-6,9-15H2,1H3,(H2,23,26);1H. The van der Waals surface area contributed by atoms with E-state index in [1.54, 1.807) is 0 Å². The van der Waals surface area contributed by atoms with E-state index in [1.165, 1.54) is 5.56 Å². The van der Waals surface area contributed by atoms with E-state index in [0.29, 0.717) is 11.8 Å². The van der Waals surface area contributed by atoms with Crippen LogP contribution in [0.15, 0.2) is 30.3 Å². The van der Waals surface area contributed by atoms with E-state index in [9.17, 15) is 9.59 Å². The van der Waals surface area contributed by atoms with E-state index in [0.717, 1.165) is 58.0 Å². The molecule has 2 amide bonds. The predicted molar refractivity (Wildman–Crippen MR) is 103 cm³/mol. The van der Waals surface area contributed by atoms with Crippen LogP contribution >= 0.6 is 0 Å². The molecule has 0 radical (unpaired) electrons. The zero-order chi connectivity index (χ0) is 18.4. The third-order valence-corrected chi connectivity index (χ3v) is 7.15. The van der Waals surface area contributed by atoms with Gasteiger partial charge < -0.3 is 10.6 Å². The molecule has 1 aliphatic heterocycles. The lowest BCUT2D eigenvalue weighted by Crippen LogP contribution is -2.53. The van der Waals surface area contributed by atoms with Gasteiger partial charge in [0.1, 0.15) is 0 Å². The molecule has 2 N–H and O–H groups in total. The molecule has 4 unspecified atom stereocenters. The minimum Gasteiger partial charge on any atom is -0.369 e. The average molecular weight is 357 g/mol. The maximum atomic E-state index is 13.1. The molecular weight excluding hydrogens is 324 g/mol. The van der Waals surface area contributed by atoms with Crippen LogP contribution in [0.3, 0.4) is 0 Å². The van der Waals surface area contributed by atoms with Gasteiger partial charge in [-0.1, -0.05) is 37.3 Å². The van der Waals surface area contributed by atoms with E-state index in [1.807, 2.05) is 13.0 Å². The Kier molecular flexibility index (Phi) is 4.32. The molecule has 1 aromatic rings. The van der Waals surface area contributed by atoms with Crippen LogP contribution in [0.5, 0.6) is 0 Å². The van der Waals surface area contributed by atoms with Crippen molar-refractivity contribution in [3.05, 3.63) is 35.9 Å². The first-order valence-corrected chi connectivity index (χ1v) is 10.1. The third kappa shape index (κ3) is 2.93. The normalized spacial score (nSPS) is 36.7. The van der Waals surface area contributed by atoms with Crippen molar-refractivity contribution in [2.45, 2.75) is 57.3 Å². The fraction of sp³-hybridized carbons (Fsp3) is 0.636. The van der Waals surface area contributed by atoms with Gasteiger partial charge in [-0.3, -0.25) is 9.59 Å². The summed E-state index contributed by atoms with van der Waals surface area (Å²) in [6.07, 6.45) is 6.68. The Labute approximate surface area is 157 Å². The number of likely N-dealkylation sites (tertiary alicyclic amines) is 1. The number of benzene rings is 1. The lowest BCUT2D eigenvalue weighted by Gasteiger charge is -2.54. The third-order valence-electron chi connectivity index (χ3n) is 7.15. The average Bonchev–Trinajstić information content (AvgIpc) is 3.15. The summed E-state index contributed by atoms with van der Waals surface area (Å²) in [6.45, 7) is 3.86. The Morgan fingerprint density at radius 2 is 1.81 bits per heavy atom. The first-order valence-electron chi connectivity index (χ1n) is 10.1. The summed E-state index contributed by atoms with van der Waals surface area (Å²) in [5.41, 5.74) is 6.52. The number of fused-ring (bicyclic) bond motifs is 2. The molecule has 3 fully saturated rings. The summed E-state index contributed by atoms with van der Waals surface area (Å²) in [7, 11) is 0. The fourth-order valence-electron chi connectivity index (χ4n) is 6.13. The molecule has 3 aliphatic rings. The summed E-state index contributed by atoms with van der Waals surface area (Å²) in [5.74, 6) is 0.637. The first-order chi connectivity index (χ1) is 12.4. The highest BCUT2D eigenvalue weighted by atomic mass is 16.2. The molecule has 2 saturated carbocycles. The van der Waals surface area contributed by atoms with Crippen LogP contribution in [0.1, 0.15) is 58.9 Å². The Morgan fingerprint density at radius 1 is 1.12 bits per heavy atom. The molecular formula is C22H32N2O2. The van der Waals surface area contributed by atoms with Crippen LogP contribution in [-0.2, 0) is 15.0 Å². The van der Waals surface area contributed by atoms with Crippen LogP contribution in [0, 0.1) is 17.3 Å². The quantitative estimate of drug-likeness (QED) is 0.901. The molecule has 4 rings (SSSR count). The molecule has 2 aliphatic carbocycles. The zero-order valence-corrected chi connectivity index (χ0v) is 15.7. The lowest BCUT2D eigenvalue weighted by atomic mass is 9.50. The second-order valence-electron chi connectivity index (χ2n) is 9.19. The monoisotopic (exact) mass is 356 g/mol. The van der Waals surface area contributed by atoms with Crippen LogP contribution < -0.4 is 5.73 Å². The second-order valence-corrected chi connectivity index (χ2v) is 9.19. The molecule has 1 aromatic carbocycles. The van der Waals surface area contributed by atoms with Crippen molar-refractivity contribution < 1.29 is 11.0 Å². The van der Waals surface area contributed by atoms with Gasteiger partial charge in [0.15, 0.2) is 0 Å². The van der Waals surface area contributed by atoms with Gasteiger partial charge in [0.2, 0.25) is 11.8 Å². The van der Waals surface area contributed by atoms with E-state index in [4.69, 9.17) is 5.73 Å². The van der Waals surface area contributed by atoms with E-state index < -0.39 is 5.41 Å². The molecule has 2 bridgehead atoms. The highest BCUT2D eigenvalue weighted by Gasteiger charge is 2.54. The Hall–Kier alpha value is -1.84. The molecule has 1 heterocycles. The van der Waals surface area contributed by atoms with Gasteiger partial charge in [0.05, 0.1) is 0 Å². The highest BCUT2D eigenvalue weighted by Crippen LogP contribution is 2.58. The van der Waals surface area contributed by atoms with Gasteiger partial charge in [-0.25, -0.2) is 0 Å². The van der Waals surface area contributed by atoms with Crippen LogP contribution in [0.25, 0.3) is 0 Å². The Balaban J connectivity index is 0.00000210. The predicted octanol–water partition coefficient (Wildman–Crippen LogP) is 3.49. The summed E-state index contributed by atoms with van der Waals surface area (Å²) in [5, 5.41) is 0. The number of nitrogens with two attached hydrogens (primary N) is 1. The van der Waals surface area contributed by atoms with Crippen LogP contribution in [0.4, 0.5) is 0 Å². The van der Waals surface area contributed by atoms with Gasteiger partial charge in [-0.05, 0) is 61.8 Å². The largest absolute Gasteiger partial charge is 0.369 e. The van der Waals surface area contributed by atoms with E-state index in [-0.39, 0.29) is 18.7 Å². The van der Waals surface area contributed by atoms with E-state index in [2.05, 4.69) is 29.2 Å². The van der Waals surface area contributed by atoms with Crippen molar-refractivity contribution in [1.29, 1.82) is 0 Å². The van der Waals surface area contributed by atoms with Crippen molar-refractivity contribution in [2.24, 2.45) is 23.0 Å². The topological polar surface area (TPSA) is 63.4 Å². The number of hydrogen-bond acceptors (Lipinski definition) is 2. The number of rotatable bonds is 3. The second kappa shape index (κ2) is 6.40. The lowest BCUT2D eigenvalue weighted by molar-refractivity contribution is -0.141. The molecule has 0 spiro atoms. The Morgan fingerprint density at radius 3 is 2.46 bits per heavy atom. The van der Waals surface area contributed by atoms with Gasteiger partial charge in [0.25, 0.3) is 0 Å². The number of hydrogen-bond donors (Lipinski definition) is 1. The first kappa shape index (κ1) is 17.6. The molecule has 1 saturated heterocycles. The Bertz CT molecular complexity index is 704. The number of carbonyl (C=O) groups excluding carboxylic acids is 2. The number of amides is 2. The fourth-order valence-corrected chi connectivity index (χ4v) is 6.13. The minimum atomic E-state index is -0.472. The van der Waals surface area contributed by atoms with Crippen molar-refractivity contribution in [1.82, 2.24) is 4.90 Å². The van der Waals surface area contributed by atoms with E-state index >= 15 is 0 Å². The molecule has 4 nitrogen and oxygen atoms in total. The molecule has 26 heavy (non-hydrogen) atoms. The van der Waals surface area contributed by atoms with Crippen LogP contribution in [0.2, 0.25) is 0 Å². The summed E-state index contributed by atoms with van der Waals surface area (Å²) in [4.78, 5) is 27.5. The number of carbonyl (C=O) groups is 2. The minimum absolute atomic E-state index is 0. The summed E-state index contributed by atoms with van der Waals surface area (Å²) < 4.78 is 0. The smallest absolute Gasteiger partial charge is 0.225 e. The molecule has 142 valence electrons. The zero-order valence-electron chi connectivity index (χ0n) is 15.7. The number of primary amides is 1. The van der Waals surface area contributed by atoms with Gasteiger partial charge in [0, 0.05) is 25.8 Å². The van der Waals surface area contributed by atoms with Crippen molar-refractivity contribution in [2.75, 3.05) is 13.1 Å². The summed E-state index contributed by atoms with van der Waals surface area (Å²) >= 11 is 0. The molecule has 0 aromatic heterocycles. The highest BCUT2D eigenvalue weighted by molar-refractivity contribution is 5.82. The van der Waals surface area contributed by atoms with Crippen molar-refractivity contribution in [3.8, 4) is 0 Å². The van der Waals surface area contributed by atoms with Crippen molar-refractivity contribution >= 4 is 11.8 Å². The van der Waals surface area contributed by atoms with Gasteiger partial charge in [-0.15, -0.1) is 0 Å². The van der Waals surface area contributed by atoms with Crippen LogP contribution in [-0.4, -0.2) is 29.8 Å². The van der Waals surface area contributed by atoms with Gasteiger partial charge in [-0.2, -0.15) is 0 Å². The maximum Gasteiger partial charge on any atom is 0.225 e. The number of nitrogens with zero attached hydrogens (tertiary/aromatic N) is 1. The molecule has 4 heteroatoms. The maximum absolute atomic E-state index is 13.1. The SMILES string of the molecule is CC1(C(N)=O)CC2CC(C(=O)N3CCCC3)CC(c3ccccc3)(C2)C1.[HH]. The van der Waals surface area contributed by atoms with Crippen molar-refractivity contribution in [3.63, 3.8) is 0 Å². The summed E-state index contributed by atoms with van der Waals surface area (Å²) in [6, 6.07) is 10.5. The molecule has 4 atom stereocenters.